The SMILES string of the molecule is [c]1ccccc1OCC1CCCS1. The average molecular weight is 193 g/mol. The topological polar surface area (TPSA) is 9.23 Å². The molecule has 0 amide bonds. The van der Waals surface area contributed by atoms with Crippen molar-refractivity contribution in [2.75, 3.05) is 12.4 Å². The monoisotopic (exact) mass is 193 g/mol. The number of benzene rings is 1. The first-order chi connectivity index (χ1) is 6.45. The summed E-state index contributed by atoms with van der Waals surface area (Å²) in [5, 5.41) is 0.702. The maximum Gasteiger partial charge on any atom is 0.127 e. The van der Waals surface area contributed by atoms with Crippen LogP contribution in [0.2, 0.25) is 0 Å². The summed E-state index contributed by atoms with van der Waals surface area (Å²) < 4.78 is 5.61. The molecule has 1 heterocycles. The summed E-state index contributed by atoms with van der Waals surface area (Å²) in [5.74, 6) is 2.17. The van der Waals surface area contributed by atoms with Crippen LogP contribution in [0.25, 0.3) is 0 Å². The zero-order chi connectivity index (χ0) is 8.93. The van der Waals surface area contributed by atoms with Crippen LogP contribution in [0.15, 0.2) is 24.3 Å². The van der Waals surface area contributed by atoms with E-state index in [0.29, 0.717) is 5.25 Å². The lowest BCUT2D eigenvalue weighted by molar-refractivity contribution is 0.314. The molecule has 1 aliphatic heterocycles. The molecule has 1 aliphatic rings. The molecule has 2 heteroatoms. The third kappa shape index (κ3) is 2.66. The number of hydrogen-bond acceptors (Lipinski definition) is 2. The molecule has 1 atom stereocenters. The van der Waals surface area contributed by atoms with E-state index in [1.54, 1.807) is 0 Å². The Morgan fingerprint density at radius 1 is 1.54 bits per heavy atom. The van der Waals surface area contributed by atoms with Gasteiger partial charge in [-0.1, -0.05) is 18.2 Å². The molecule has 0 bridgehead atoms. The zero-order valence-electron chi connectivity index (χ0n) is 7.53. The highest BCUT2D eigenvalue weighted by atomic mass is 32.2. The van der Waals surface area contributed by atoms with E-state index in [9.17, 15) is 0 Å². The van der Waals surface area contributed by atoms with Gasteiger partial charge in [-0.25, -0.2) is 0 Å². The molecule has 1 radical (unpaired) electrons. The summed E-state index contributed by atoms with van der Waals surface area (Å²) in [6, 6.07) is 10.8. The van der Waals surface area contributed by atoms with E-state index < -0.39 is 0 Å². The van der Waals surface area contributed by atoms with E-state index >= 15 is 0 Å². The van der Waals surface area contributed by atoms with Crippen molar-refractivity contribution in [1.29, 1.82) is 0 Å². The van der Waals surface area contributed by atoms with Crippen LogP contribution in [-0.2, 0) is 0 Å². The van der Waals surface area contributed by atoms with Gasteiger partial charge in [0.2, 0.25) is 0 Å². The van der Waals surface area contributed by atoms with Gasteiger partial charge in [0, 0.05) is 11.3 Å². The third-order valence-corrected chi connectivity index (χ3v) is 3.50. The Hall–Kier alpha value is -0.630. The quantitative estimate of drug-likeness (QED) is 0.730. The first kappa shape index (κ1) is 8.95. The molecule has 1 aromatic rings. The predicted molar refractivity (Wildman–Crippen MR) is 56.3 cm³/mol. The van der Waals surface area contributed by atoms with Gasteiger partial charge in [-0.3, -0.25) is 0 Å². The predicted octanol–water partition coefficient (Wildman–Crippen LogP) is 2.76. The maximum atomic E-state index is 5.61. The molecule has 0 N–H and O–H groups in total. The lowest BCUT2D eigenvalue weighted by atomic mass is 10.3. The van der Waals surface area contributed by atoms with Crippen molar-refractivity contribution in [1.82, 2.24) is 0 Å². The average Bonchev–Trinajstić information content (AvgIpc) is 2.69. The molecule has 1 unspecified atom stereocenters. The molecular weight excluding hydrogens is 180 g/mol. The third-order valence-electron chi connectivity index (χ3n) is 2.13. The minimum Gasteiger partial charge on any atom is -0.492 e. The van der Waals surface area contributed by atoms with Crippen LogP contribution < -0.4 is 4.74 Å². The van der Waals surface area contributed by atoms with Gasteiger partial charge in [-0.05, 0) is 24.7 Å². The fraction of sp³-hybridized carbons (Fsp3) is 0.455. The molecular formula is C11H13OS. The van der Waals surface area contributed by atoms with Gasteiger partial charge in [-0.15, -0.1) is 0 Å². The summed E-state index contributed by atoms with van der Waals surface area (Å²) in [6.45, 7) is 0.838. The van der Waals surface area contributed by atoms with Crippen LogP contribution in [-0.4, -0.2) is 17.6 Å². The van der Waals surface area contributed by atoms with Crippen LogP contribution in [0, 0.1) is 6.07 Å². The lowest BCUT2D eigenvalue weighted by Crippen LogP contribution is -2.10. The highest BCUT2D eigenvalue weighted by Gasteiger charge is 2.15. The summed E-state index contributed by atoms with van der Waals surface area (Å²) in [4.78, 5) is 0. The first-order valence-corrected chi connectivity index (χ1v) is 5.71. The fourth-order valence-electron chi connectivity index (χ4n) is 1.43. The molecule has 13 heavy (non-hydrogen) atoms. The number of para-hydroxylation sites is 1. The summed E-state index contributed by atoms with van der Waals surface area (Å²) in [7, 11) is 0. The number of thioether (sulfide) groups is 1. The molecule has 1 saturated heterocycles. The summed E-state index contributed by atoms with van der Waals surface area (Å²) in [5.41, 5.74) is 0. The van der Waals surface area contributed by atoms with Gasteiger partial charge in [0.05, 0.1) is 0 Å². The second kappa shape index (κ2) is 4.56. The largest absolute Gasteiger partial charge is 0.492 e. The van der Waals surface area contributed by atoms with Crippen molar-refractivity contribution in [3.8, 4) is 5.75 Å². The van der Waals surface area contributed by atoms with Crippen molar-refractivity contribution < 1.29 is 4.74 Å². The molecule has 2 rings (SSSR count). The van der Waals surface area contributed by atoms with E-state index in [2.05, 4.69) is 6.07 Å². The molecule has 1 nitrogen and oxygen atoms in total. The molecule has 0 spiro atoms. The van der Waals surface area contributed by atoms with Gasteiger partial charge in [0.15, 0.2) is 0 Å². The standard InChI is InChI=1S/C11H13OS/c1-2-5-10(6-3-1)12-9-11-7-4-8-13-11/h1-3,5,11H,4,7-9H2. The highest BCUT2D eigenvalue weighted by molar-refractivity contribution is 8.00. The van der Waals surface area contributed by atoms with E-state index in [-0.39, 0.29) is 0 Å². The Kier molecular flexibility index (Phi) is 3.14. The Morgan fingerprint density at radius 3 is 3.23 bits per heavy atom. The molecule has 1 fully saturated rings. The second-order valence-electron chi connectivity index (χ2n) is 3.17. The van der Waals surface area contributed by atoms with Gasteiger partial charge >= 0.3 is 0 Å². The van der Waals surface area contributed by atoms with Crippen molar-refractivity contribution in [2.24, 2.45) is 0 Å². The minimum atomic E-state index is 0.702. The minimum absolute atomic E-state index is 0.702. The van der Waals surface area contributed by atoms with Crippen LogP contribution in [0.4, 0.5) is 0 Å². The normalized spacial score (nSPS) is 21.7. The number of rotatable bonds is 3. The van der Waals surface area contributed by atoms with Crippen LogP contribution >= 0.6 is 11.8 Å². The van der Waals surface area contributed by atoms with Crippen molar-refractivity contribution in [3.63, 3.8) is 0 Å². The van der Waals surface area contributed by atoms with Gasteiger partial charge in [0.25, 0.3) is 0 Å². The van der Waals surface area contributed by atoms with Crippen LogP contribution in [0.3, 0.4) is 0 Å². The fourth-order valence-corrected chi connectivity index (χ4v) is 2.59. The van der Waals surface area contributed by atoms with Crippen molar-refractivity contribution >= 4 is 11.8 Å². The van der Waals surface area contributed by atoms with Gasteiger partial charge < -0.3 is 4.74 Å². The summed E-state index contributed by atoms with van der Waals surface area (Å²) >= 11 is 2.02. The smallest absolute Gasteiger partial charge is 0.127 e. The molecule has 1 aromatic carbocycles. The second-order valence-corrected chi connectivity index (χ2v) is 4.58. The van der Waals surface area contributed by atoms with Gasteiger partial charge in [-0.2, -0.15) is 11.8 Å². The Morgan fingerprint density at radius 2 is 2.54 bits per heavy atom. The zero-order valence-corrected chi connectivity index (χ0v) is 8.35. The van der Waals surface area contributed by atoms with E-state index in [4.69, 9.17) is 4.74 Å². The highest BCUT2D eigenvalue weighted by Crippen LogP contribution is 2.26. The first-order valence-electron chi connectivity index (χ1n) is 4.66. The lowest BCUT2D eigenvalue weighted by Gasteiger charge is -2.09. The van der Waals surface area contributed by atoms with E-state index in [1.165, 1.54) is 18.6 Å². The molecule has 0 saturated carbocycles. The molecule has 0 aromatic heterocycles. The van der Waals surface area contributed by atoms with Crippen molar-refractivity contribution in [2.45, 2.75) is 18.1 Å². The van der Waals surface area contributed by atoms with Crippen LogP contribution in [0.5, 0.6) is 5.75 Å². The maximum absolute atomic E-state index is 5.61. The molecule has 69 valence electrons. The van der Waals surface area contributed by atoms with Crippen LogP contribution in [0.1, 0.15) is 12.8 Å². The van der Waals surface area contributed by atoms with E-state index in [1.807, 2.05) is 36.0 Å². The number of hydrogen-bond donors (Lipinski definition) is 0. The van der Waals surface area contributed by atoms with Crippen molar-refractivity contribution in [3.05, 3.63) is 30.3 Å². The summed E-state index contributed by atoms with van der Waals surface area (Å²) in [6.07, 6.45) is 2.65. The van der Waals surface area contributed by atoms with Gasteiger partial charge in [0.1, 0.15) is 12.4 Å². The van der Waals surface area contributed by atoms with E-state index in [0.717, 1.165) is 12.4 Å². The Bertz CT molecular complexity index is 242. The Balaban J connectivity index is 1.79. The molecule has 0 aliphatic carbocycles. The Labute approximate surface area is 83.5 Å². The number of ether oxygens (including phenoxy) is 1.